The number of hydrogen-bond acceptors (Lipinski definition) is 5. The third-order valence-corrected chi connectivity index (χ3v) is 3.96. The molecule has 25 heavy (non-hydrogen) atoms. The van der Waals surface area contributed by atoms with E-state index in [0.717, 1.165) is 5.56 Å². The lowest BCUT2D eigenvalue weighted by molar-refractivity contribution is -0.165. The molecule has 2 rings (SSSR count). The van der Waals surface area contributed by atoms with E-state index >= 15 is 0 Å². The Morgan fingerprint density at radius 3 is 2.04 bits per heavy atom. The molecule has 0 atom stereocenters. The third-order valence-electron chi connectivity index (χ3n) is 3.96. The van der Waals surface area contributed by atoms with Crippen LogP contribution in [-0.2, 0) is 30.9 Å². The number of hydrogen-bond donors (Lipinski definition) is 0. The summed E-state index contributed by atoms with van der Waals surface area (Å²) in [6.07, 6.45) is 1.71. The molecular formula is C20H23NO4. The van der Waals surface area contributed by atoms with E-state index in [2.05, 4.69) is 4.98 Å². The van der Waals surface area contributed by atoms with Crippen LogP contribution in [0.4, 0.5) is 0 Å². The van der Waals surface area contributed by atoms with Crippen LogP contribution in [-0.4, -0.2) is 30.1 Å². The minimum Gasteiger partial charge on any atom is -0.465 e. The number of carbonyl (C=O) groups excluding carboxylic acids is 2. The van der Waals surface area contributed by atoms with E-state index in [-0.39, 0.29) is 19.6 Å². The van der Waals surface area contributed by atoms with Gasteiger partial charge in [0, 0.05) is 18.3 Å². The summed E-state index contributed by atoms with van der Waals surface area (Å²) in [5.41, 5.74) is 0.613. The molecule has 5 nitrogen and oxygen atoms in total. The van der Waals surface area contributed by atoms with Crippen molar-refractivity contribution in [3.8, 4) is 0 Å². The van der Waals surface area contributed by atoms with Crippen molar-refractivity contribution in [2.75, 3.05) is 13.2 Å². The first-order chi connectivity index (χ1) is 12.0. The van der Waals surface area contributed by atoms with E-state index < -0.39 is 17.4 Å². The van der Waals surface area contributed by atoms with Crippen molar-refractivity contribution in [1.29, 1.82) is 0 Å². The summed E-state index contributed by atoms with van der Waals surface area (Å²) in [5, 5.41) is 0. The lowest BCUT2D eigenvalue weighted by Crippen LogP contribution is -2.48. The van der Waals surface area contributed by atoms with Crippen LogP contribution in [0.1, 0.15) is 30.7 Å². The number of pyridine rings is 1. The van der Waals surface area contributed by atoms with Crippen molar-refractivity contribution in [1.82, 2.24) is 4.98 Å². The Balaban J connectivity index is 2.61. The van der Waals surface area contributed by atoms with Gasteiger partial charge in [0.25, 0.3) is 0 Å². The molecule has 5 heteroatoms. The van der Waals surface area contributed by atoms with Gasteiger partial charge in [0.15, 0.2) is 5.41 Å². The van der Waals surface area contributed by atoms with Crippen LogP contribution in [0.25, 0.3) is 0 Å². The van der Waals surface area contributed by atoms with Gasteiger partial charge in [-0.25, -0.2) is 0 Å². The van der Waals surface area contributed by atoms with Gasteiger partial charge >= 0.3 is 11.9 Å². The first-order valence-electron chi connectivity index (χ1n) is 8.36. The normalized spacial score (nSPS) is 11.0. The highest BCUT2D eigenvalue weighted by Crippen LogP contribution is 2.32. The second-order valence-corrected chi connectivity index (χ2v) is 5.71. The van der Waals surface area contributed by atoms with Gasteiger partial charge in [0.2, 0.25) is 0 Å². The molecule has 0 amide bonds. The summed E-state index contributed by atoms with van der Waals surface area (Å²) in [4.78, 5) is 30.1. The molecule has 1 heterocycles. The van der Waals surface area contributed by atoms with Crippen molar-refractivity contribution in [3.63, 3.8) is 0 Å². The highest BCUT2D eigenvalue weighted by Gasteiger charge is 2.51. The average molecular weight is 341 g/mol. The monoisotopic (exact) mass is 341 g/mol. The molecule has 0 saturated carbocycles. The number of nitrogens with zero attached hydrogens (tertiary/aromatic N) is 1. The largest absolute Gasteiger partial charge is 0.465 e. The first kappa shape index (κ1) is 18.6. The fourth-order valence-corrected chi connectivity index (χ4v) is 2.69. The molecule has 0 saturated heterocycles. The predicted octanol–water partition coefficient (Wildman–Crippen LogP) is 3.00. The van der Waals surface area contributed by atoms with Crippen molar-refractivity contribution in [3.05, 3.63) is 65.5 Å². The SMILES string of the molecule is CCOC(=O)C(Cc1ccccn1)(C(=O)OCC)c1ccc(C)cc1. The van der Waals surface area contributed by atoms with Crippen molar-refractivity contribution < 1.29 is 19.1 Å². The van der Waals surface area contributed by atoms with Gasteiger partial charge in [-0.05, 0) is 38.5 Å². The molecule has 0 N–H and O–H groups in total. The summed E-state index contributed by atoms with van der Waals surface area (Å²) in [5.74, 6) is -1.24. The summed E-state index contributed by atoms with van der Waals surface area (Å²) >= 11 is 0. The van der Waals surface area contributed by atoms with Gasteiger partial charge < -0.3 is 9.47 Å². The molecule has 0 aliphatic rings. The van der Waals surface area contributed by atoms with E-state index in [9.17, 15) is 9.59 Å². The van der Waals surface area contributed by atoms with Crippen LogP contribution >= 0.6 is 0 Å². The second kappa shape index (κ2) is 8.42. The maximum Gasteiger partial charge on any atom is 0.328 e. The third kappa shape index (κ3) is 4.05. The zero-order chi connectivity index (χ0) is 18.3. The van der Waals surface area contributed by atoms with Crippen LogP contribution in [0.15, 0.2) is 48.7 Å². The molecular weight excluding hydrogens is 318 g/mol. The topological polar surface area (TPSA) is 65.5 Å². The summed E-state index contributed by atoms with van der Waals surface area (Å²) in [6.45, 7) is 5.72. The Bertz CT molecular complexity index is 692. The van der Waals surface area contributed by atoms with Crippen LogP contribution in [0.5, 0.6) is 0 Å². The number of rotatable bonds is 7. The minimum absolute atomic E-state index is 0.0779. The molecule has 1 aromatic heterocycles. The van der Waals surface area contributed by atoms with E-state index in [1.165, 1.54) is 0 Å². The highest BCUT2D eigenvalue weighted by molar-refractivity contribution is 6.06. The number of carbonyl (C=O) groups is 2. The van der Waals surface area contributed by atoms with Gasteiger partial charge in [-0.15, -0.1) is 0 Å². The summed E-state index contributed by atoms with van der Waals surface area (Å²) < 4.78 is 10.5. The molecule has 1 aromatic carbocycles. The van der Waals surface area contributed by atoms with Gasteiger partial charge in [0.1, 0.15) is 0 Å². The molecule has 0 bridgehead atoms. The van der Waals surface area contributed by atoms with Gasteiger partial charge in [-0.1, -0.05) is 35.9 Å². The number of ether oxygens (including phenoxy) is 2. The molecule has 0 aliphatic carbocycles. The van der Waals surface area contributed by atoms with Crippen molar-refractivity contribution in [2.45, 2.75) is 32.6 Å². The summed E-state index contributed by atoms with van der Waals surface area (Å²) in [7, 11) is 0. The van der Waals surface area contributed by atoms with Crippen LogP contribution < -0.4 is 0 Å². The number of aryl methyl sites for hydroxylation is 1. The van der Waals surface area contributed by atoms with Crippen LogP contribution in [0.2, 0.25) is 0 Å². The van der Waals surface area contributed by atoms with Gasteiger partial charge in [-0.2, -0.15) is 0 Å². The Kier molecular flexibility index (Phi) is 6.28. The summed E-state index contributed by atoms with van der Waals surface area (Å²) in [6, 6.07) is 12.6. The first-order valence-corrected chi connectivity index (χ1v) is 8.36. The predicted molar refractivity (Wildman–Crippen MR) is 94.1 cm³/mol. The zero-order valence-corrected chi connectivity index (χ0v) is 14.8. The molecule has 0 fully saturated rings. The zero-order valence-electron chi connectivity index (χ0n) is 14.8. The molecule has 0 radical (unpaired) electrons. The maximum atomic E-state index is 12.9. The molecule has 0 spiro atoms. The minimum atomic E-state index is -1.58. The quantitative estimate of drug-likeness (QED) is 0.572. The average Bonchev–Trinajstić information content (AvgIpc) is 2.61. The van der Waals surface area contributed by atoms with Gasteiger partial charge in [-0.3, -0.25) is 14.6 Å². The Hall–Kier alpha value is -2.69. The van der Waals surface area contributed by atoms with Gasteiger partial charge in [0.05, 0.1) is 13.2 Å². The fourth-order valence-electron chi connectivity index (χ4n) is 2.69. The lowest BCUT2D eigenvalue weighted by Gasteiger charge is -2.29. The highest BCUT2D eigenvalue weighted by atomic mass is 16.6. The van der Waals surface area contributed by atoms with Crippen LogP contribution in [0.3, 0.4) is 0 Å². The fraction of sp³-hybridized carbons (Fsp3) is 0.350. The number of aromatic nitrogens is 1. The van der Waals surface area contributed by atoms with E-state index in [1.807, 2.05) is 25.1 Å². The molecule has 0 unspecified atom stereocenters. The van der Waals surface area contributed by atoms with Crippen molar-refractivity contribution in [2.24, 2.45) is 0 Å². The van der Waals surface area contributed by atoms with Crippen molar-refractivity contribution >= 4 is 11.9 Å². The van der Waals surface area contributed by atoms with E-state index in [0.29, 0.717) is 11.3 Å². The van der Waals surface area contributed by atoms with Crippen LogP contribution in [0, 0.1) is 6.92 Å². The molecule has 0 aliphatic heterocycles. The molecule has 132 valence electrons. The second-order valence-electron chi connectivity index (χ2n) is 5.71. The van der Waals surface area contributed by atoms with E-state index in [1.54, 1.807) is 44.3 Å². The molecule has 2 aromatic rings. The van der Waals surface area contributed by atoms with E-state index in [4.69, 9.17) is 9.47 Å². The smallest absolute Gasteiger partial charge is 0.328 e. The lowest BCUT2D eigenvalue weighted by atomic mass is 9.76. The Morgan fingerprint density at radius 2 is 1.56 bits per heavy atom. The standard InChI is InChI=1S/C20H23NO4/c1-4-24-18(22)20(19(23)25-5-2,14-17-8-6-7-13-21-17)16-11-9-15(3)10-12-16/h6-13H,4-5,14H2,1-3H3. The number of esters is 2. The maximum absolute atomic E-state index is 12.9. The Morgan fingerprint density at radius 1 is 0.960 bits per heavy atom. The number of benzene rings is 1. The Labute approximate surface area is 148 Å².